The molecule has 0 radical (unpaired) electrons. The zero-order chi connectivity index (χ0) is 39.9. The maximum atomic E-state index is 5.38. The monoisotopic (exact) mass is 759 g/mol. The molecule has 3 heterocycles. The average molecular weight is 760 g/mol. The lowest BCUT2D eigenvalue weighted by atomic mass is 9.86. The number of benzene rings is 7. The van der Waals surface area contributed by atoms with Crippen LogP contribution in [0.1, 0.15) is 26.3 Å². The maximum absolute atomic E-state index is 5.38. The van der Waals surface area contributed by atoms with Crippen molar-refractivity contribution in [1.29, 1.82) is 0 Å². The molecule has 0 atom stereocenters. The summed E-state index contributed by atoms with van der Waals surface area (Å²) in [6.07, 6.45) is 0. The van der Waals surface area contributed by atoms with Gasteiger partial charge in [-0.1, -0.05) is 172 Å². The van der Waals surface area contributed by atoms with Gasteiger partial charge in [0, 0.05) is 44.2 Å². The normalized spacial score (nSPS) is 11.6. The molecule has 10 aromatic rings. The lowest BCUT2D eigenvalue weighted by Gasteiger charge is -2.20. The van der Waals surface area contributed by atoms with Crippen LogP contribution >= 0.6 is 0 Å². The molecule has 0 unspecified atom stereocenters. The fourth-order valence-electron chi connectivity index (χ4n) is 7.92. The Labute approximate surface area is 344 Å². The van der Waals surface area contributed by atoms with Crippen molar-refractivity contribution in [2.75, 3.05) is 0 Å². The van der Waals surface area contributed by atoms with Crippen molar-refractivity contribution < 1.29 is 0 Å². The summed E-state index contributed by atoms with van der Waals surface area (Å²) in [5, 5.41) is 2.42. The summed E-state index contributed by atoms with van der Waals surface area (Å²) in [4.78, 5) is 20.9. The van der Waals surface area contributed by atoms with Gasteiger partial charge in [-0.05, 0) is 53.4 Å². The van der Waals surface area contributed by atoms with E-state index in [0.29, 0.717) is 11.6 Å². The first-order chi connectivity index (χ1) is 28.9. The van der Waals surface area contributed by atoms with Gasteiger partial charge in [-0.3, -0.25) is 0 Å². The van der Waals surface area contributed by atoms with Crippen LogP contribution in [0.2, 0.25) is 0 Å². The van der Waals surface area contributed by atoms with Crippen molar-refractivity contribution in [2.24, 2.45) is 0 Å². The van der Waals surface area contributed by atoms with Crippen LogP contribution in [0.3, 0.4) is 0 Å². The first-order valence-corrected chi connectivity index (χ1v) is 20.1. The van der Waals surface area contributed by atoms with E-state index in [0.717, 1.165) is 72.9 Å². The van der Waals surface area contributed by atoms with E-state index in [1.165, 1.54) is 16.3 Å². The highest BCUT2D eigenvalue weighted by Crippen LogP contribution is 2.40. The molecule has 5 heteroatoms. The van der Waals surface area contributed by atoms with Crippen molar-refractivity contribution >= 4 is 21.8 Å². The van der Waals surface area contributed by atoms with Gasteiger partial charge in [0.25, 0.3) is 0 Å². The van der Waals surface area contributed by atoms with Crippen molar-refractivity contribution in [3.05, 3.63) is 200 Å². The molecule has 5 nitrogen and oxygen atoms in total. The van der Waals surface area contributed by atoms with Gasteiger partial charge < -0.3 is 4.57 Å². The van der Waals surface area contributed by atoms with E-state index in [1.807, 2.05) is 60.7 Å². The second kappa shape index (κ2) is 14.8. The second-order valence-electron chi connectivity index (χ2n) is 16.0. The van der Waals surface area contributed by atoms with E-state index in [9.17, 15) is 0 Å². The van der Waals surface area contributed by atoms with E-state index in [1.54, 1.807) is 0 Å². The van der Waals surface area contributed by atoms with E-state index >= 15 is 0 Å². The van der Waals surface area contributed by atoms with Gasteiger partial charge in [-0.15, -0.1) is 0 Å². The maximum Gasteiger partial charge on any atom is 0.160 e. The zero-order valence-corrected chi connectivity index (χ0v) is 33.2. The van der Waals surface area contributed by atoms with Gasteiger partial charge in [0.15, 0.2) is 11.6 Å². The Kier molecular flexibility index (Phi) is 8.99. The highest BCUT2D eigenvalue weighted by atomic mass is 15.0. The quantitative estimate of drug-likeness (QED) is 0.162. The summed E-state index contributed by atoms with van der Waals surface area (Å²) in [5.41, 5.74) is 13.8. The first-order valence-electron chi connectivity index (χ1n) is 20.1. The summed E-state index contributed by atoms with van der Waals surface area (Å²) in [7, 11) is 0. The van der Waals surface area contributed by atoms with Crippen molar-refractivity contribution in [1.82, 2.24) is 24.5 Å². The van der Waals surface area contributed by atoms with Crippen LogP contribution in [0.5, 0.6) is 0 Å². The van der Waals surface area contributed by atoms with Crippen LogP contribution in [0, 0.1) is 0 Å². The molecule has 10 rings (SSSR count). The Hall–Kier alpha value is -7.50. The summed E-state index contributed by atoms with van der Waals surface area (Å²) in [6, 6.07) is 67.6. The van der Waals surface area contributed by atoms with Crippen molar-refractivity contribution in [3.8, 4) is 73.5 Å². The third-order valence-corrected chi connectivity index (χ3v) is 11.0. The predicted molar refractivity (Wildman–Crippen MR) is 243 cm³/mol. The zero-order valence-electron chi connectivity index (χ0n) is 33.2. The number of hydrogen-bond donors (Lipinski definition) is 0. The molecule has 0 spiro atoms. The number of aromatic nitrogens is 5. The van der Waals surface area contributed by atoms with Gasteiger partial charge in [-0.2, -0.15) is 0 Å². The first kappa shape index (κ1) is 35.9. The molecule has 0 saturated heterocycles. The Morgan fingerprint density at radius 3 is 1.37 bits per heavy atom. The molecule has 282 valence electrons. The molecule has 0 fully saturated rings. The highest BCUT2D eigenvalue weighted by molar-refractivity contribution is 6.10. The fourth-order valence-corrected chi connectivity index (χ4v) is 7.92. The van der Waals surface area contributed by atoms with E-state index in [4.69, 9.17) is 19.9 Å². The number of nitrogens with zero attached hydrogens (tertiary/aromatic N) is 5. The van der Waals surface area contributed by atoms with Gasteiger partial charge >= 0.3 is 0 Å². The molecule has 0 aliphatic carbocycles. The second-order valence-corrected chi connectivity index (χ2v) is 16.0. The number of hydrogen-bond acceptors (Lipinski definition) is 4. The predicted octanol–water partition coefficient (Wildman–Crippen LogP) is 13.7. The number of fused-ring (bicyclic) bond motifs is 3. The summed E-state index contributed by atoms with van der Waals surface area (Å²) in [6.45, 7) is 6.81. The molecular weight excluding hydrogens is 719 g/mol. The van der Waals surface area contributed by atoms with Crippen LogP contribution < -0.4 is 0 Å². The Bertz CT molecular complexity index is 3000. The summed E-state index contributed by atoms with van der Waals surface area (Å²) in [5.74, 6) is 1.33. The van der Waals surface area contributed by atoms with Crippen LogP contribution in [0.4, 0.5) is 0 Å². The van der Waals surface area contributed by atoms with Gasteiger partial charge in [0.05, 0.1) is 39.5 Å². The van der Waals surface area contributed by atoms with Crippen LogP contribution in [0.15, 0.2) is 194 Å². The van der Waals surface area contributed by atoms with E-state index in [2.05, 4.69) is 159 Å². The smallest absolute Gasteiger partial charge is 0.160 e. The molecule has 7 aromatic carbocycles. The van der Waals surface area contributed by atoms with Crippen LogP contribution in [0.25, 0.3) is 95.3 Å². The lowest BCUT2D eigenvalue weighted by molar-refractivity contribution is 0.591. The molecule has 3 aromatic heterocycles. The third kappa shape index (κ3) is 6.87. The van der Waals surface area contributed by atoms with E-state index < -0.39 is 0 Å². The van der Waals surface area contributed by atoms with Crippen molar-refractivity contribution in [3.63, 3.8) is 0 Å². The molecular formula is C54H41N5. The average Bonchev–Trinajstić information content (AvgIpc) is 3.63. The molecule has 0 N–H and O–H groups in total. The standard InChI is InChI=1S/C54H41N5/c1-54(2,3)41-29-31-50-43(33-41)42-26-16-17-27-49(42)59(50)51-30-28-40(47-34-45(36-18-8-4-9-19-36)55-52(57-47)38-22-12-6-13-23-38)32-44(51)48-35-46(37-20-10-5-11-21-37)56-53(58-48)39-24-14-7-15-25-39/h4-35H,1-3H3. The third-order valence-electron chi connectivity index (χ3n) is 11.0. The Balaban J connectivity index is 1.27. The Morgan fingerprint density at radius 2 is 0.814 bits per heavy atom. The molecule has 0 saturated carbocycles. The van der Waals surface area contributed by atoms with Gasteiger partial charge in [-0.25, -0.2) is 19.9 Å². The molecule has 0 aliphatic rings. The van der Waals surface area contributed by atoms with Gasteiger partial charge in [0.2, 0.25) is 0 Å². The largest absolute Gasteiger partial charge is 0.309 e. The molecule has 0 bridgehead atoms. The summed E-state index contributed by atoms with van der Waals surface area (Å²) >= 11 is 0. The molecule has 0 aliphatic heterocycles. The number of para-hydroxylation sites is 1. The SMILES string of the molecule is CC(C)(C)c1ccc2c(c1)c1ccccc1n2-c1ccc(-c2cc(-c3ccccc3)nc(-c3ccccc3)n2)cc1-c1cc(-c2ccccc2)nc(-c2ccccc2)n1. The Morgan fingerprint density at radius 1 is 0.356 bits per heavy atom. The van der Waals surface area contributed by atoms with Crippen LogP contribution in [-0.4, -0.2) is 24.5 Å². The summed E-state index contributed by atoms with van der Waals surface area (Å²) < 4.78 is 2.40. The van der Waals surface area contributed by atoms with Crippen LogP contribution in [-0.2, 0) is 5.41 Å². The fraction of sp³-hybridized carbons (Fsp3) is 0.0741. The highest BCUT2D eigenvalue weighted by Gasteiger charge is 2.22. The van der Waals surface area contributed by atoms with Crippen molar-refractivity contribution in [2.45, 2.75) is 26.2 Å². The van der Waals surface area contributed by atoms with Gasteiger partial charge in [0.1, 0.15) is 0 Å². The number of rotatable bonds is 7. The van der Waals surface area contributed by atoms with E-state index in [-0.39, 0.29) is 5.41 Å². The molecule has 0 amide bonds. The topological polar surface area (TPSA) is 56.5 Å². The minimum absolute atomic E-state index is 0.00157. The minimum Gasteiger partial charge on any atom is -0.309 e. The molecule has 59 heavy (non-hydrogen) atoms. The lowest BCUT2D eigenvalue weighted by Crippen LogP contribution is -2.10. The minimum atomic E-state index is 0.00157.